The number of hydrogen-bond acceptors (Lipinski definition) is 6. The molecule has 0 unspecified atom stereocenters. The van der Waals surface area contributed by atoms with Crippen molar-refractivity contribution in [2.75, 3.05) is 57.3 Å². The summed E-state index contributed by atoms with van der Waals surface area (Å²) in [5, 5.41) is 0. The minimum Gasteiger partial charge on any atom is -0.369 e. The fraction of sp³-hybridized carbons (Fsp3) is 0.412. The van der Waals surface area contributed by atoms with E-state index < -0.39 is 0 Å². The highest BCUT2D eigenvalue weighted by Gasteiger charge is 2.26. The van der Waals surface area contributed by atoms with Gasteiger partial charge in [0.25, 0.3) is 0 Å². The molecule has 220 valence electrons. The average Bonchev–Trinajstić information content (AvgIpc) is 3.35. The maximum Gasteiger partial charge on any atom is 0.308 e. The fourth-order valence-corrected chi connectivity index (χ4v) is 7.34. The molecular weight excluding hydrogens is 547 g/mol. The van der Waals surface area contributed by atoms with Crippen LogP contribution in [0.1, 0.15) is 35.2 Å². The van der Waals surface area contributed by atoms with Gasteiger partial charge in [-0.3, -0.25) is 19.1 Å². The number of hydrogen-bond donors (Lipinski definition) is 0. The molecule has 2 fully saturated rings. The minimum atomic E-state index is -0.321. The third kappa shape index (κ3) is 6.83. The Kier molecular flexibility index (Phi) is 9.12. The van der Waals surface area contributed by atoms with E-state index >= 15 is 0 Å². The number of benzene rings is 3. The van der Waals surface area contributed by atoms with Crippen LogP contribution in [0.2, 0.25) is 0 Å². The third-order valence-electron chi connectivity index (χ3n) is 8.89. The van der Waals surface area contributed by atoms with Crippen LogP contribution in [0.15, 0.2) is 77.6 Å². The average molecular weight is 587 g/mol. The molecule has 0 amide bonds. The maximum absolute atomic E-state index is 13.2. The number of aryl methyl sites for hydroxylation is 1. The highest BCUT2D eigenvalue weighted by atomic mass is 32.1. The summed E-state index contributed by atoms with van der Waals surface area (Å²) in [5.74, 6) is -0.234. The molecule has 2 aliphatic heterocycles. The highest BCUT2D eigenvalue weighted by Crippen LogP contribution is 2.24. The number of halogens is 1. The van der Waals surface area contributed by atoms with Gasteiger partial charge < -0.3 is 9.80 Å². The molecule has 0 saturated carbocycles. The van der Waals surface area contributed by atoms with Crippen LogP contribution in [0.3, 0.4) is 0 Å². The van der Waals surface area contributed by atoms with Gasteiger partial charge in [0.05, 0.1) is 10.2 Å². The van der Waals surface area contributed by atoms with Gasteiger partial charge in [-0.2, -0.15) is 0 Å². The second kappa shape index (κ2) is 13.3. The van der Waals surface area contributed by atoms with Gasteiger partial charge in [-0.05, 0) is 99.4 Å². The smallest absolute Gasteiger partial charge is 0.308 e. The first-order valence-corrected chi connectivity index (χ1v) is 16.0. The van der Waals surface area contributed by atoms with Crippen molar-refractivity contribution in [3.05, 3.63) is 99.4 Å². The number of piperazine rings is 1. The summed E-state index contributed by atoms with van der Waals surface area (Å²) in [6.45, 7) is 8.56. The topological polar surface area (TPSA) is 48.8 Å². The first-order chi connectivity index (χ1) is 20.5. The molecule has 3 heterocycles. The van der Waals surface area contributed by atoms with E-state index in [1.165, 1.54) is 34.7 Å². The Hall–Kier alpha value is -3.33. The van der Waals surface area contributed by atoms with Crippen LogP contribution in [0, 0.1) is 11.7 Å². The van der Waals surface area contributed by atoms with Crippen LogP contribution in [0.5, 0.6) is 0 Å². The number of carbonyl (C=O) groups excluding carboxylic acids is 1. The van der Waals surface area contributed by atoms with Crippen molar-refractivity contribution in [1.82, 2.24) is 14.4 Å². The SMILES string of the molecule is O=C(c1ccc(F)cc1)C1CCN(CCn2c(=O)sc3cc(CCCN4CCN(c5ccccc5)CC4)ccc32)CC1. The van der Waals surface area contributed by atoms with E-state index in [0.717, 1.165) is 88.3 Å². The lowest BCUT2D eigenvalue weighted by Crippen LogP contribution is -2.46. The van der Waals surface area contributed by atoms with Crippen molar-refractivity contribution < 1.29 is 9.18 Å². The minimum absolute atomic E-state index is 0.0197. The maximum atomic E-state index is 13.2. The molecule has 2 saturated heterocycles. The lowest BCUT2D eigenvalue weighted by atomic mass is 9.89. The van der Waals surface area contributed by atoms with Gasteiger partial charge >= 0.3 is 4.87 Å². The summed E-state index contributed by atoms with van der Waals surface area (Å²) in [4.78, 5) is 33.1. The monoisotopic (exact) mass is 586 g/mol. The number of ketones is 1. The van der Waals surface area contributed by atoms with E-state index in [4.69, 9.17) is 0 Å². The molecule has 0 radical (unpaired) electrons. The molecule has 0 aliphatic carbocycles. The van der Waals surface area contributed by atoms with Gasteiger partial charge in [-0.1, -0.05) is 35.6 Å². The summed E-state index contributed by atoms with van der Waals surface area (Å²) in [5.41, 5.74) is 4.22. The highest BCUT2D eigenvalue weighted by molar-refractivity contribution is 7.16. The predicted molar refractivity (Wildman–Crippen MR) is 169 cm³/mol. The lowest BCUT2D eigenvalue weighted by molar-refractivity contribution is 0.0837. The molecule has 42 heavy (non-hydrogen) atoms. The number of piperidine rings is 1. The largest absolute Gasteiger partial charge is 0.369 e. The second-order valence-electron chi connectivity index (χ2n) is 11.6. The summed E-state index contributed by atoms with van der Waals surface area (Å²) >= 11 is 1.34. The quantitative estimate of drug-likeness (QED) is 0.228. The van der Waals surface area contributed by atoms with Gasteiger partial charge in [0.1, 0.15) is 5.82 Å². The number of aromatic nitrogens is 1. The summed E-state index contributed by atoms with van der Waals surface area (Å²) < 4.78 is 16.2. The molecule has 1 aromatic heterocycles. The molecular formula is C34H39FN4O2S. The van der Waals surface area contributed by atoms with Crippen LogP contribution in [-0.4, -0.2) is 72.5 Å². The lowest BCUT2D eigenvalue weighted by Gasteiger charge is -2.36. The molecule has 2 aliphatic rings. The van der Waals surface area contributed by atoms with Gasteiger partial charge in [-0.25, -0.2) is 4.39 Å². The Bertz CT molecular complexity index is 1540. The van der Waals surface area contributed by atoms with Gasteiger partial charge in [0, 0.05) is 56.4 Å². The van der Waals surface area contributed by atoms with Crippen molar-refractivity contribution in [3.63, 3.8) is 0 Å². The van der Waals surface area contributed by atoms with E-state index in [0.29, 0.717) is 12.1 Å². The normalized spacial score (nSPS) is 17.2. The Morgan fingerprint density at radius 3 is 2.26 bits per heavy atom. The van der Waals surface area contributed by atoms with E-state index in [-0.39, 0.29) is 22.4 Å². The Balaban J connectivity index is 0.958. The van der Waals surface area contributed by atoms with Gasteiger partial charge in [0.2, 0.25) is 0 Å². The first kappa shape index (κ1) is 28.8. The molecule has 6 nitrogen and oxygen atoms in total. The summed E-state index contributed by atoms with van der Waals surface area (Å²) in [7, 11) is 0. The van der Waals surface area contributed by atoms with Crippen LogP contribution in [-0.2, 0) is 13.0 Å². The zero-order chi connectivity index (χ0) is 28.9. The van der Waals surface area contributed by atoms with E-state index in [2.05, 4.69) is 63.2 Å². The zero-order valence-electron chi connectivity index (χ0n) is 24.1. The number of rotatable bonds is 10. The number of likely N-dealkylation sites (tertiary alicyclic amines) is 1. The van der Waals surface area contributed by atoms with E-state index in [1.807, 2.05) is 4.57 Å². The van der Waals surface area contributed by atoms with Crippen LogP contribution >= 0.6 is 11.3 Å². The first-order valence-electron chi connectivity index (χ1n) is 15.2. The second-order valence-corrected chi connectivity index (χ2v) is 12.6. The standard InChI is InChI=1S/C34H39FN4O2S/c35-29-11-9-27(10-12-29)33(40)28-14-17-37(18-15-28)21-24-39-31-13-8-26(25-32(31)42-34(39)41)5-4-16-36-19-22-38(23-20-36)30-6-2-1-3-7-30/h1-3,6-13,25,28H,4-5,14-24H2. The number of Topliss-reactive ketones (excluding diaryl/α,β-unsaturated/α-hetero) is 1. The van der Waals surface area contributed by atoms with Crippen molar-refractivity contribution in [2.24, 2.45) is 5.92 Å². The molecule has 3 aromatic carbocycles. The van der Waals surface area contributed by atoms with E-state index in [1.54, 1.807) is 12.1 Å². The number of para-hydroxylation sites is 1. The molecule has 0 atom stereocenters. The molecule has 0 N–H and O–H groups in total. The Morgan fingerprint density at radius 2 is 1.52 bits per heavy atom. The van der Waals surface area contributed by atoms with Crippen LogP contribution in [0.4, 0.5) is 10.1 Å². The number of fused-ring (bicyclic) bond motifs is 1. The number of anilines is 1. The van der Waals surface area contributed by atoms with Crippen molar-refractivity contribution in [1.29, 1.82) is 0 Å². The van der Waals surface area contributed by atoms with Crippen molar-refractivity contribution in [2.45, 2.75) is 32.2 Å². The van der Waals surface area contributed by atoms with E-state index in [9.17, 15) is 14.0 Å². The summed E-state index contributed by atoms with van der Waals surface area (Å²) in [6.07, 6.45) is 3.72. The van der Waals surface area contributed by atoms with Gasteiger partial charge in [0.15, 0.2) is 5.78 Å². The van der Waals surface area contributed by atoms with Gasteiger partial charge in [-0.15, -0.1) is 0 Å². The predicted octanol–water partition coefficient (Wildman–Crippen LogP) is 5.55. The molecule has 0 spiro atoms. The Morgan fingerprint density at radius 1 is 0.810 bits per heavy atom. The zero-order valence-corrected chi connectivity index (χ0v) is 24.9. The fourth-order valence-electron chi connectivity index (χ4n) is 6.36. The van der Waals surface area contributed by atoms with Crippen molar-refractivity contribution in [3.8, 4) is 0 Å². The number of nitrogens with zero attached hydrogens (tertiary/aromatic N) is 4. The molecule has 0 bridgehead atoms. The third-order valence-corrected chi connectivity index (χ3v) is 9.83. The summed E-state index contributed by atoms with van der Waals surface area (Å²) in [6, 6.07) is 23.0. The Labute approximate surface area is 251 Å². The molecule has 8 heteroatoms. The van der Waals surface area contributed by atoms with Crippen LogP contribution in [0.25, 0.3) is 10.2 Å². The molecule has 6 rings (SSSR count). The number of carbonyl (C=O) groups is 1. The molecule has 4 aromatic rings. The van der Waals surface area contributed by atoms with Crippen LogP contribution < -0.4 is 9.77 Å². The van der Waals surface area contributed by atoms with Crippen molar-refractivity contribution >= 4 is 33.0 Å². The number of thiazole rings is 1.